The van der Waals surface area contributed by atoms with E-state index >= 15 is 0 Å². The first kappa shape index (κ1) is 17.7. The Bertz CT molecular complexity index is 759. The summed E-state index contributed by atoms with van der Waals surface area (Å²) in [6, 6.07) is 22.2. The Kier molecular flexibility index (Phi) is 4.49. The predicted molar refractivity (Wildman–Crippen MR) is 109 cm³/mol. The van der Waals surface area contributed by atoms with Crippen LogP contribution in [0.15, 0.2) is 83.5 Å². The molecular weight excluding hydrogens is 300 g/mol. The molecular formula is C25H30. The van der Waals surface area contributed by atoms with Crippen molar-refractivity contribution >= 4 is 0 Å². The van der Waals surface area contributed by atoms with Gasteiger partial charge in [-0.15, -0.1) is 0 Å². The van der Waals surface area contributed by atoms with E-state index in [2.05, 4.69) is 108 Å². The van der Waals surface area contributed by atoms with Crippen molar-refractivity contribution in [2.45, 2.75) is 47.0 Å². The molecule has 0 radical (unpaired) electrons. The molecule has 1 atom stereocenters. The molecule has 0 heterocycles. The van der Waals surface area contributed by atoms with E-state index in [-0.39, 0.29) is 10.8 Å². The summed E-state index contributed by atoms with van der Waals surface area (Å²) >= 11 is 0. The first-order valence-corrected chi connectivity index (χ1v) is 9.27. The number of benzene rings is 2. The Labute approximate surface area is 153 Å². The van der Waals surface area contributed by atoms with Crippen molar-refractivity contribution < 1.29 is 0 Å². The summed E-state index contributed by atoms with van der Waals surface area (Å²) in [5.41, 5.74) is 7.13. The molecule has 0 saturated carbocycles. The van der Waals surface area contributed by atoms with E-state index in [0.717, 1.165) is 0 Å². The lowest BCUT2D eigenvalue weighted by molar-refractivity contribution is 0.189. The molecule has 2 aromatic carbocycles. The Morgan fingerprint density at radius 2 is 1.12 bits per heavy atom. The molecule has 130 valence electrons. The van der Waals surface area contributed by atoms with Crippen LogP contribution in [0.2, 0.25) is 0 Å². The molecule has 0 aliphatic heterocycles. The third kappa shape index (κ3) is 2.68. The molecule has 2 aromatic rings. The fourth-order valence-electron chi connectivity index (χ4n) is 4.75. The molecule has 0 aromatic heterocycles. The zero-order valence-corrected chi connectivity index (χ0v) is 16.4. The van der Waals surface area contributed by atoms with Crippen LogP contribution in [0.25, 0.3) is 0 Å². The van der Waals surface area contributed by atoms with E-state index < -0.39 is 0 Å². The number of rotatable bonds is 3. The van der Waals surface area contributed by atoms with Gasteiger partial charge in [0.1, 0.15) is 0 Å². The summed E-state index contributed by atoms with van der Waals surface area (Å²) < 4.78 is 0. The third-order valence-electron chi connectivity index (χ3n) is 6.17. The lowest BCUT2D eigenvalue weighted by Gasteiger charge is -2.50. The molecule has 1 unspecified atom stereocenters. The minimum Gasteiger partial charge on any atom is -0.0729 e. The summed E-state index contributed by atoms with van der Waals surface area (Å²) in [5.74, 6) is 0.373. The van der Waals surface area contributed by atoms with E-state index in [0.29, 0.717) is 5.92 Å². The van der Waals surface area contributed by atoms with E-state index in [9.17, 15) is 0 Å². The Morgan fingerprint density at radius 3 is 1.44 bits per heavy atom. The van der Waals surface area contributed by atoms with Crippen molar-refractivity contribution in [1.29, 1.82) is 0 Å². The van der Waals surface area contributed by atoms with Crippen LogP contribution >= 0.6 is 0 Å². The minimum atomic E-state index is -0.0986. The maximum Gasteiger partial charge on any atom is 0.0351 e. The van der Waals surface area contributed by atoms with Crippen molar-refractivity contribution in [2.24, 2.45) is 11.3 Å². The van der Waals surface area contributed by atoms with Gasteiger partial charge in [-0.2, -0.15) is 0 Å². The SMILES string of the molecule is CC1=CC(C(c2ccccc2)(c2ccccc2)C(C)(C)C)C(C)=C1C. The van der Waals surface area contributed by atoms with Crippen molar-refractivity contribution in [3.63, 3.8) is 0 Å². The average Bonchev–Trinajstić information content (AvgIpc) is 2.84. The molecule has 1 aliphatic rings. The van der Waals surface area contributed by atoms with Crippen molar-refractivity contribution in [1.82, 2.24) is 0 Å². The molecule has 0 fully saturated rings. The zero-order chi connectivity index (χ0) is 18.2. The molecule has 25 heavy (non-hydrogen) atoms. The monoisotopic (exact) mass is 330 g/mol. The zero-order valence-electron chi connectivity index (χ0n) is 16.4. The van der Waals surface area contributed by atoms with Gasteiger partial charge in [-0.3, -0.25) is 0 Å². The maximum atomic E-state index is 2.50. The van der Waals surface area contributed by atoms with Crippen LogP contribution in [0, 0.1) is 11.3 Å². The number of hydrogen-bond donors (Lipinski definition) is 0. The summed E-state index contributed by atoms with van der Waals surface area (Å²) in [6.07, 6.45) is 2.50. The van der Waals surface area contributed by atoms with Crippen LogP contribution < -0.4 is 0 Å². The van der Waals surface area contributed by atoms with Crippen molar-refractivity contribution in [3.05, 3.63) is 94.6 Å². The van der Waals surface area contributed by atoms with Crippen LogP contribution in [-0.2, 0) is 5.41 Å². The third-order valence-corrected chi connectivity index (χ3v) is 6.17. The standard InChI is InChI=1S/C25H30/c1-18-17-23(20(3)19(18)2)25(24(4,5)6,21-13-9-7-10-14-21)22-15-11-8-12-16-22/h7-17,23H,1-6H3. The molecule has 0 heteroatoms. The number of hydrogen-bond acceptors (Lipinski definition) is 0. The summed E-state index contributed by atoms with van der Waals surface area (Å²) in [6.45, 7) is 14.0. The second-order valence-corrected chi connectivity index (χ2v) is 8.43. The van der Waals surface area contributed by atoms with Crippen LogP contribution in [0.3, 0.4) is 0 Å². The first-order chi connectivity index (χ1) is 11.8. The normalized spacial score (nSPS) is 18.5. The molecule has 1 aliphatic carbocycles. The number of allylic oxidation sites excluding steroid dienone is 4. The summed E-state index contributed by atoms with van der Waals surface area (Å²) in [4.78, 5) is 0. The second-order valence-electron chi connectivity index (χ2n) is 8.43. The fraction of sp³-hybridized carbons (Fsp3) is 0.360. The van der Waals surface area contributed by atoms with Gasteiger partial charge in [0, 0.05) is 11.3 Å². The smallest absolute Gasteiger partial charge is 0.0351 e. The topological polar surface area (TPSA) is 0 Å². The van der Waals surface area contributed by atoms with E-state index in [1.165, 1.54) is 27.8 Å². The maximum absolute atomic E-state index is 2.50. The Morgan fingerprint density at radius 1 is 0.680 bits per heavy atom. The summed E-state index contributed by atoms with van der Waals surface area (Å²) in [5, 5.41) is 0. The second kappa shape index (κ2) is 6.33. The highest BCUT2D eigenvalue weighted by atomic mass is 14.5. The lowest BCUT2D eigenvalue weighted by atomic mass is 9.52. The predicted octanol–water partition coefficient (Wildman–Crippen LogP) is 6.93. The highest BCUT2D eigenvalue weighted by Gasteiger charge is 2.51. The van der Waals surface area contributed by atoms with Crippen LogP contribution in [0.4, 0.5) is 0 Å². The van der Waals surface area contributed by atoms with Crippen molar-refractivity contribution in [2.75, 3.05) is 0 Å². The molecule has 0 spiro atoms. The minimum absolute atomic E-state index is 0.0586. The van der Waals surface area contributed by atoms with Gasteiger partial charge in [0.2, 0.25) is 0 Å². The van der Waals surface area contributed by atoms with Gasteiger partial charge in [0.15, 0.2) is 0 Å². The average molecular weight is 331 g/mol. The quantitative estimate of drug-likeness (QED) is 0.572. The Hall–Kier alpha value is -2.08. The molecule has 0 nitrogen and oxygen atoms in total. The van der Waals surface area contributed by atoms with E-state index in [1.807, 2.05) is 0 Å². The molecule has 0 saturated heterocycles. The van der Waals surface area contributed by atoms with Gasteiger partial charge in [-0.25, -0.2) is 0 Å². The first-order valence-electron chi connectivity index (χ1n) is 9.27. The Balaban J connectivity index is 2.40. The van der Waals surface area contributed by atoms with Crippen LogP contribution in [0.1, 0.15) is 52.7 Å². The van der Waals surface area contributed by atoms with Gasteiger partial charge in [-0.1, -0.05) is 98.7 Å². The van der Waals surface area contributed by atoms with E-state index in [4.69, 9.17) is 0 Å². The van der Waals surface area contributed by atoms with Crippen molar-refractivity contribution in [3.8, 4) is 0 Å². The van der Waals surface area contributed by atoms with Gasteiger partial charge < -0.3 is 0 Å². The molecule has 3 rings (SSSR count). The molecule has 0 N–H and O–H groups in total. The largest absolute Gasteiger partial charge is 0.0729 e. The molecule has 0 bridgehead atoms. The van der Waals surface area contributed by atoms with Crippen LogP contribution in [-0.4, -0.2) is 0 Å². The summed E-state index contributed by atoms with van der Waals surface area (Å²) in [7, 11) is 0. The fourth-order valence-corrected chi connectivity index (χ4v) is 4.75. The van der Waals surface area contributed by atoms with Gasteiger partial charge >= 0.3 is 0 Å². The van der Waals surface area contributed by atoms with Gasteiger partial charge in [0.25, 0.3) is 0 Å². The van der Waals surface area contributed by atoms with Crippen LogP contribution in [0.5, 0.6) is 0 Å². The van der Waals surface area contributed by atoms with Gasteiger partial charge in [0.05, 0.1) is 0 Å². The van der Waals surface area contributed by atoms with Gasteiger partial charge in [-0.05, 0) is 42.9 Å². The highest BCUT2D eigenvalue weighted by molar-refractivity contribution is 5.53. The highest BCUT2D eigenvalue weighted by Crippen LogP contribution is 2.56. The molecule has 0 amide bonds. The lowest BCUT2D eigenvalue weighted by Crippen LogP contribution is -2.47. The van der Waals surface area contributed by atoms with E-state index in [1.54, 1.807) is 0 Å².